The third kappa shape index (κ3) is 6.22. The van der Waals surface area contributed by atoms with Crippen LogP contribution in [0.3, 0.4) is 0 Å². The number of benzene rings is 1. The molecule has 0 N–H and O–H groups in total. The van der Waals surface area contributed by atoms with Crippen molar-refractivity contribution in [3.8, 4) is 5.75 Å². The van der Waals surface area contributed by atoms with E-state index in [0.717, 1.165) is 37.0 Å². The molecule has 3 nitrogen and oxygen atoms in total. The van der Waals surface area contributed by atoms with Crippen LogP contribution >= 0.6 is 6.85 Å². The van der Waals surface area contributed by atoms with Gasteiger partial charge >= 0.3 is 0 Å². The van der Waals surface area contributed by atoms with Crippen LogP contribution in [0.2, 0.25) is 0 Å². The molecule has 0 bridgehead atoms. The molecule has 0 aliphatic carbocycles. The van der Waals surface area contributed by atoms with Gasteiger partial charge in [-0.2, -0.15) is 5.10 Å². The maximum Gasteiger partial charge on any atom is 0.120 e. The summed E-state index contributed by atoms with van der Waals surface area (Å²) in [4.78, 5) is 0. The largest absolute Gasteiger partial charge is 0.488 e. The first-order valence-electron chi connectivity index (χ1n) is 8.99. The predicted octanol–water partition coefficient (Wildman–Crippen LogP) is 5.69. The smallest absolute Gasteiger partial charge is 0.120 e. The summed E-state index contributed by atoms with van der Waals surface area (Å²) in [5.74, 6) is 0.914. The van der Waals surface area contributed by atoms with Gasteiger partial charge in [0.25, 0.3) is 0 Å². The number of rotatable bonds is 10. The second-order valence-electron chi connectivity index (χ2n) is 6.45. The van der Waals surface area contributed by atoms with Gasteiger partial charge in [0, 0.05) is 19.6 Å². The molecule has 0 heterocycles. The highest BCUT2D eigenvalue weighted by Gasteiger charge is 2.21. The molecule has 0 aliphatic rings. The summed E-state index contributed by atoms with van der Waals surface area (Å²) in [6.45, 7) is 9.88. The van der Waals surface area contributed by atoms with Gasteiger partial charge in [-0.1, -0.05) is 39.5 Å². The zero-order valence-corrected chi connectivity index (χ0v) is 17.8. The van der Waals surface area contributed by atoms with Gasteiger partial charge in [-0.3, -0.25) is 4.78 Å². The summed E-state index contributed by atoms with van der Waals surface area (Å²) in [6.07, 6.45) is 6.15. The molecule has 0 saturated carbocycles. The Kier molecular flexibility index (Phi) is 9.01. The molecule has 1 unspecified atom stereocenters. The van der Waals surface area contributed by atoms with E-state index in [2.05, 4.69) is 39.7 Å². The molecule has 1 aromatic carbocycles. The lowest BCUT2D eigenvalue weighted by molar-refractivity contribution is 0.0803. The van der Waals surface area contributed by atoms with Crippen LogP contribution < -0.4 is 4.74 Å². The second kappa shape index (κ2) is 10.2. The Hall–Kier alpha value is -0.860. The Balaban J connectivity index is 2.71. The third-order valence-electron chi connectivity index (χ3n) is 4.77. The Bertz CT molecular complexity index is 537. The lowest BCUT2D eigenvalue weighted by atomic mass is 10.00. The predicted molar refractivity (Wildman–Crippen MR) is 111 cm³/mol. The standard InChI is InChI=1S/C19H33N2OPS/c1-7-18(8-2)23(24)21(6)20-15-16-11-13-17(14-12-16)22-19(5,9-3)10-4/h11-15,18,23H,7-10H2,1-6H3/b20-15+. The van der Waals surface area contributed by atoms with E-state index in [4.69, 9.17) is 16.5 Å². The van der Waals surface area contributed by atoms with Gasteiger partial charge in [0.15, 0.2) is 0 Å². The fourth-order valence-corrected chi connectivity index (χ4v) is 4.95. The molecule has 0 aliphatic heterocycles. The van der Waals surface area contributed by atoms with Crippen molar-refractivity contribution in [2.45, 2.75) is 71.6 Å². The van der Waals surface area contributed by atoms with Crippen LogP contribution in [0.25, 0.3) is 0 Å². The van der Waals surface area contributed by atoms with Crippen LogP contribution in [0.4, 0.5) is 0 Å². The van der Waals surface area contributed by atoms with Crippen LogP contribution in [0, 0.1) is 0 Å². The molecule has 136 valence electrons. The topological polar surface area (TPSA) is 24.8 Å². The normalized spacial score (nSPS) is 13.5. The average molecular weight is 369 g/mol. The van der Waals surface area contributed by atoms with Crippen molar-refractivity contribution in [2.75, 3.05) is 7.05 Å². The fourth-order valence-electron chi connectivity index (χ4n) is 2.41. The summed E-state index contributed by atoms with van der Waals surface area (Å²) in [6, 6.07) is 8.13. The Morgan fingerprint density at radius 1 is 1.17 bits per heavy atom. The van der Waals surface area contributed by atoms with Crippen LogP contribution in [-0.4, -0.2) is 29.3 Å². The number of hydrogen-bond acceptors (Lipinski definition) is 3. The summed E-state index contributed by atoms with van der Waals surface area (Å²) in [7, 11) is 2.00. The first kappa shape index (κ1) is 21.2. The number of ether oxygens (including phenoxy) is 1. The van der Waals surface area contributed by atoms with Crippen molar-refractivity contribution in [2.24, 2.45) is 5.10 Å². The van der Waals surface area contributed by atoms with E-state index in [1.54, 1.807) is 0 Å². The van der Waals surface area contributed by atoms with E-state index in [-0.39, 0.29) is 5.60 Å². The monoisotopic (exact) mass is 368 g/mol. The Morgan fingerprint density at radius 3 is 2.17 bits per heavy atom. The number of hydrazone groups is 1. The second-order valence-corrected chi connectivity index (χ2v) is 9.84. The number of nitrogens with zero attached hydrogens (tertiary/aromatic N) is 2. The van der Waals surface area contributed by atoms with Gasteiger partial charge in [-0.15, -0.1) is 0 Å². The lowest BCUT2D eigenvalue weighted by Gasteiger charge is -2.28. The van der Waals surface area contributed by atoms with E-state index in [1.807, 2.05) is 42.3 Å². The molecule has 0 fully saturated rings. The highest BCUT2D eigenvalue weighted by molar-refractivity contribution is 8.04. The van der Waals surface area contributed by atoms with Crippen molar-refractivity contribution in [3.63, 3.8) is 0 Å². The zero-order chi connectivity index (χ0) is 18.2. The van der Waals surface area contributed by atoms with E-state index in [1.165, 1.54) is 0 Å². The summed E-state index contributed by atoms with van der Waals surface area (Å²) >= 11 is 5.70. The average Bonchev–Trinajstić information content (AvgIpc) is 2.61. The van der Waals surface area contributed by atoms with Crippen molar-refractivity contribution < 1.29 is 4.74 Å². The molecule has 0 amide bonds. The van der Waals surface area contributed by atoms with Crippen molar-refractivity contribution in [1.82, 2.24) is 4.78 Å². The van der Waals surface area contributed by atoms with Crippen molar-refractivity contribution >= 4 is 24.9 Å². The van der Waals surface area contributed by atoms with E-state index < -0.39 is 6.85 Å². The maximum absolute atomic E-state index is 6.11. The SMILES string of the molecule is CCC(CC)[PH](=S)N(C)/N=C/c1ccc(OC(C)(CC)CC)cc1. The zero-order valence-electron chi connectivity index (χ0n) is 16.0. The Morgan fingerprint density at radius 2 is 1.71 bits per heavy atom. The van der Waals surface area contributed by atoms with Crippen molar-refractivity contribution in [1.29, 1.82) is 0 Å². The third-order valence-corrected chi connectivity index (χ3v) is 8.83. The van der Waals surface area contributed by atoms with E-state index in [9.17, 15) is 0 Å². The van der Waals surface area contributed by atoms with Gasteiger partial charge in [0.1, 0.15) is 11.4 Å². The van der Waals surface area contributed by atoms with Gasteiger partial charge in [0.2, 0.25) is 0 Å². The minimum absolute atomic E-state index is 0.0925. The minimum Gasteiger partial charge on any atom is -0.488 e. The molecule has 0 aromatic heterocycles. The first-order valence-corrected chi connectivity index (χ1v) is 11.6. The minimum atomic E-state index is -1.02. The van der Waals surface area contributed by atoms with E-state index >= 15 is 0 Å². The first-order chi connectivity index (χ1) is 11.4. The van der Waals surface area contributed by atoms with Gasteiger partial charge in [-0.05, 0) is 62.4 Å². The molecule has 5 heteroatoms. The molecule has 0 radical (unpaired) electrons. The molecular formula is C19H33N2OPS. The quantitative estimate of drug-likeness (QED) is 0.301. The highest BCUT2D eigenvalue weighted by atomic mass is 32.4. The highest BCUT2D eigenvalue weighted by Crippen LogP contribution is 2.36. The van der Waals surface area contributed by atoms with Crippen molar-refractivity contribution in [3.05, 3.63) is 29.8 Å². The maximum atomic E-state index is 6.11. The molecule has 0 spiro atoms. The molecule has 24 heavy (non-hydrogen) atoms. The summed E-state index contributed by atoms with van der Waals surface area (Å²) < 4.78 is 8.11. The molecule has 0 saturated heterocycles. The van der Waals surface area contributed by atoms with Gasteiger partial charge in [0.05, 0.1) is 6.21 Å². The molecular weight excluding hydrogens is 335 g/mol. The molecule has 1 aromatic rings. The molecule has 1 rings (SSSR count). The van der Waals surface area contributed by atoms with Crippen LogP contribution in [0.15, 0.2) is 29.4 Å². The fraction of sp³-hybridized carbons (Fsp3) is 0.632. The van der Waals surface area contributed by atoms with Gasteiger partial charge < -0.3 is 4.74 Å². The van der Waals surface area contributed by atoms with Crippen LogP contribution in [0.1, 0.15) is 65.9 Å². The Labute approximate surface area is 154 Å². The lowest BCUT2D eigenvalue weighted by Crippen LogP contribution is -2.30. The van der Waals surface area contributed by atoms with Gasteiger partial charge in [-0.25, -0.2) is 0 Å². The summed E-state index contributed by atoms with van der Waals surface area (Å²) in [5.41, 5.74) is 1.58. The number of hydrogen-bond donors (Lipinski definition) is 0. The summed E-state index contributed by atoms with van der Waals surface area (Å²) in [5, 5.41) is 4.56. The van der Waals surface area contributed by atoms with Crippen LogP contribution in [-0.2, 0) is 11.8 Å². The molecule has 1 atom stereocenters. The van der Waals surface area contributed by atoms with Crippen LogP contribution in [0.5, 0.6) is 5.75 Å². The van der Waals surface area contributed by atoms with E-state index in [0.29, 0.717) is 5.66 Å².